The predicted octanol–water partition coefficient (Wildman–Crippen LogP) is 0.731. The lowest BCUT2D eigenvalue weighted by Gasteiger charge is -2.37. The van der Waals surface area contributed by atoms with Gasteiger partial charge in [0.05, 0.1) is 0 Å². The second-order valence-electron chi connectivity index (χ2n) is 5.21. The van der Waals surface area contributed by atoms with Crippen LogP contribution in [0.25, 0.3) is 0 Å². The minimum absolute atomic E-state index is 0.233. The molecule has 1 amide bonds. The van der Waals surface area contributed by atoms with Crippen LogP contribution in [0.3, 0.4) is 0 Å². The molecule has 0 bridgehead atoms. The molecule has 5 nitrogen and oxygen atoms in total. The second-order valence-corrected chi connectivity index (χ2v) is 5.21. The van der Waals surface area contributed by atoms with Crippen molar-refractivity contribution in [3.63, 3.8) is 0 Å². The van der Waals surface area contributed by atoms with Crippen LogP contribution in [0.4, 0.5) is 0 Å². The van der Waals surface area contributed by atoms with Crippen molar-refractivity contribution in [3.8, 4) is 0 Å². The van der Waals surface area contributed by atoms with E-state index in [1.807, 2.05) is 6.92 Å². The molecule has 3 unspecified atom stereocenters. The maximum absolute atomic E-state index is 11.8. The van der Waals surface area contributed by atoms with Crippen LogP contribution >= 0.6 is 0 Å². The van der Waals surface area contributed by atoms with Crippen LogP contribution in [0.5, 0.6) is 0 Å². The normalized spacial score (nSPS) is 30.6. The lowest BCUT2D eigenvalue weighted by atomic mass is 9.76. The van der Waals surface area contributed by atoms with Crippen LogP contribution in [0, 0.1) is 11.8 Å². The SMILES string of the molecule is CC1CCCC(NC(=O)C(C)CN)(C(=O)O)C1. The molecule has 1 rings (SSSR count). The number of rotatable bonds is 4. The van der Waals surface area contributed by atoms with Crippen LogP contribution in [0.2, 0.25) is 0 Å². The van der Waals surface area contributed by atoms with Gasteiger partial charge in [-0.1, -0.05) is 26.7 Å². The fraction of sp³-hybridized carbons (Fsp3) is 0.833. The first-order chi connectivity index (χ1) is 7.91. The van der Waals surface area contributed by atoms with E-state index < -0.39 is 11.5 Å². The highest BCUT2D eigenvalue weighted by molar-refractivity contribution is 5.88. The topological polar surface area (TPSA) is 92.4 Å². The number of carboxylic acids is 1. The van der Waals surface area contributed by atoms with Crippen molar-refractivity contribution in [1.82, 2.24) is 5.32 Å². The smallest absolute Gasteiger partial charge is 0.329 e. The van der Waals surface area contributed by atoms with Gasteiger partial charge in [0, 0.05) is 12.5 Å². The number of carboxylic acid groups (broad SMARTS) is 1. The van der Waals surface area contributed by atoms with Gasteiger partial charge in [-0.3, -0.25) is 4.79 Å². The molecule has 1 fully saturated rings. The van der Waals surface area contributed by atoms with Gasteiger partial charge in [0.15, 0.2) is 0 Å². The average molecular weight is 242 g/mol. The van der Waals surface area contributed by atoms with Crippen molar-refractivity contribution >= 4 is 11.9 Å². The van der Waals surface area contributed by atoms with E-state index in [0.717, 1.165) is 12.8 Å². The molecule has 0 aromatic heterocycles. The highest BCUT2D eigenvalue weighted by Gasteiger charge is 2.43. The van der Waals surface area contributed by atoms with Gasteiger partial charge < -0.3 is 16.2 Å². The van der Waals surface area contributed by atoms with Crippen LogP contribution < -0.4 is 11.1 Å². The number of aliphatic carboxylic acids is 1. The summed E-state index contributed by atoms with van der Waals surface area (Å²) in [6, 6.07) is 0. The van der Waals surface area contributed by atoms with E-state index in [4.69, 9.17) is 5.73 Å². The number of carbonyl (C=O) groups is 2. The number of amides is 1. The molecule has 1 saturated carbocycles. The largest absolute Gasteiger partial charge is 0.480 e. The Labute approximate surface area is 102 Å². The molecule has 98 valence electrons. The van der Waals surface area contributed by atoms with E-state index in [2.05, 4.69) is 5.32 Å². The molecule has 5 heteroatoms. The van der Waals surface area contributed by atoms with Gasteiger partial charge in [-0.25, -0.2) is 4.79 Å². The molecule has 0 aromatic carbocycles. The van der Waals surface area contributed by atoms with Gasteiger partial charge in [-0.2, -0.15) is 0 Å². The summed E-state index contributed by atoms with van der Waals surface area (Å²) in [5.41, 5.74) is 4.33. The molecule has 4 N–H and O–H groups in total. The highest BCUT2D eigenvalue weighted by Crippen LogP contribution is 2.32. The standard InChI is InChI=1S/C12H22N2O3/c1-8-4-3-5-12(6-8,11(16)17)14-10(15)9(2)7-13/h8-9H,3-7,13H2,1-2H3,(H,14,15)(H,16,17). The zero-order valence-electron chi connectivity index (χ0n) is 10.5. The molecule has 3 atom stereocenters. The number of nitrogens with one attached hydrogen (secondary N) is 1. The summed E-state index contributed by atoms with van der Waals surface area (Å²) < 4.78 is 0. The summed E-state index contributed by atoms with van der Waals surface area (Å²) in [6.07, 6.45) is 2.88. The lowest BCUT2D eigenvalue weighted by molar-refractivity contribution is -0.150. The van der Waals surface area contributed by atoms with E-state index in [9.17, 15) is 14.7 Å². The molecule has 0 radical (unpaired) electrons. The Bertz CT molecular complexity index is 306. The summed E-state index contributed by atoms with van der Waals surface area (Å²) in [6.45, 7) is 3.96. The average Bonchev–Trinajstić information content (AvgIpc) is 2.27. The summed E-state index contributed by atoms with van der Waals surface area (Å²) >= 11 is 0. The van der Waals surface area contributed by atoms with Crippen LogP contribution in [-0.4, -0.2) is 29.1 Å². The van der Waals surface area contributed by atoms with Crippen molar-refractivity contribution in [3.05, 3.63) is 0 Å². The molecule has 0 saturated heterocycles. The van der Waals surface area contributed by atoms with E-state index in [1.165, 1.54) is 0 Å². The molecule has 1 aliphatic carbocycles. The number of hydrogen-bond acceptors (Lipinski definition) is 3. The van der Waals surface area contributed by atoms with Gasteiger partial charge >= 0.3 is 5.97 Å². The Morgan fingerprint density at radius 1 is 1.59 bits per heavy atom. The van der Waals surface area contributed by atoms with Crippen molar-refractivity contribution in [2.45, 2.75) is 45.1 Å². The third-order valence-electron chi connectivity index (χ3n) is 3.57. The highest BCUT2D eigenvalue weighted by atomic mass is 16.4. The Kier molecular flexibility index (Phi) is 4.51. The first-order valence-corrected chi connectivity index (χ1v) is 6.17. The number of carbonyl (C=O) groups excluding carboxylic acids is 1. The maximum Gasteiger partial charge on any atom is 0.329 e. The monoisotopic (exact) mass is 242 g/mol. The molecule has 0 heterocycles. The van der Waals surface area contributed by atoms with Gasteiger partial charge in [-0.15, -0.1) is 0 Å². The summed E-state index contributed by atoms with van der Waals surface area (Å²) in [5, 5.41) is 12.1. The summed E-state index contributed by atoms with van der Waals surface area (Å²) in [7, 11) is 0. The van der Waals surface area contributed by atoms with E-state index >= 15 is 0 Å². The minimum atomic E-state index is -1.09. The maximum atomic E-state index is 11.8. The van der Waals surface area contributed by atoms with Crippen LogP contribution in [0.1, 0.15) is 39.5 Å². The van der Waals surface area contributed by atoms with Crippen LogP contribution in [-0.2, 0) is 9.59 Å². The fourth-order valence-electron chi connectivity index (χ4n) is 2.38. The third kappa shape index (κ3) is 3.19. The van der Waals surface area contributed by atoms with Gasteiger partial charge in [0.25, 0.3) is 0 Å². The van der Waals surface area contributed by atoms with Crippen molar-refractivity contribution in [1.29, 1.82) is 0 Å². The molecular weight excluding hydrogens is 220 g/mol. The Morgan fingerprint density at radius 3 is 2.71 bits per heavy atom. The molecular formula is C12H22N2O3. The zero-order valence-corrected chi connectivity index (χ0v) is 10.5. The minimum Gasteiger partial charge on any atom is -0.480 e. The quantitative estimate of drug-likeness (QED) is 0.677. The number of nitrogens with two attached hydrogens (primary N) is 1. The molecule has 1 aliphatic rings. The molecule has 0 aromatic rings. The summed E-state index contributed by atoms with van der Waals surface area (Å²) in [4.78, 5) is 23.2. The van der Waals surface area contributed by atoms with Crippen molar-refractivity contribution < 1.29 is 14.7 Å². The first kappa shape index (κ1) is 14.0. The van der Waals surface area contributed by atoms with E-state index in [1.54, 1.807) is 6.92 Å². The molecule has 0 spiro atoms. The third-order valence-corrected chi connectivity index (χ3v) is 3.57. The van der Waals surface area contributed by atoms with Gasteiger partial charge in [0.2, 0.25) is 5.91 Å². The Morgan fingerprint density at radius 2 is 2.24 bits per heavy atom. The molecule has 17 heavy (non-hydrogen) atoms. The summed E-state index contributed by atoms with van der Waals surface area (Å²) in [5.74, 6) is -1.21. The predicted molar refractivity (Wildman–Crippen MR) is 64.4 cm³/mol. The van der Waals surface area contributed by atoms with Gasteiger partial charge in [-0.05, 0) is 18.8 Å². The Balaban J connectivity index is 2.78. The van der Waals surface area contributed by atoms with Crippen molar-refractivity contribution in [2.75, 3.05) is 6.54 Å². The zero-order chi connectivity index (χ0) is 13.1. The van der Waals surface area contributed by atoms with E-state index in [0.29, 0.717) is 18.8 Å². The van der Waals surface area contributed by atoms with Crippen molar-refractivity contribution in [2.24, 2.45) is 17.6 Å². The fourth-order valence-corrected chi connectivity index (χ4v) is 2.38. The first-order valence-electron chi connectivity index (χ1n) is 6.17. The second kappa shape index (κ2) is 5.49. The Hall–Kier alpha value is -1.10. The van der Waals surface area contributed by atoms with Gasteiger partial charge in [0.1, 0.15) is 5.54 Å². The van der Waals surface area contributed by atoms with Crippen LogP contribution in [0.15, 0.2) is 0 Å². The number of hydrogen-bond donors (Lipinski definition) is 3. The lowest BCUT2D eigenvalue weighted by Crippen LogP contribution is -2.58. The van der Waals surface area contributed by atoms with E-state index in [-0.39, 0.29) is 18.4 Å². The molecule has 0 aliphatic heterocycles.